The Labute approximate surface area is 115 Å². The lowest BCUT2D eigenvalue weighted by molar-refractivity contribution is 0.224. The molecule has 0 aromatic carbocycles. The van der Waals surface area contributed by atoms with E-state index in [1.165, 1.54) is 25.3 Å². The van der Waals surface area contributed by atoms with Gasteiger partial charge in [0.2, 0.25) is 5.88 Å². The SMILES string of the molecule is CCCCC(CC)COc1cc(=O)[nH]c(C(C)C)n1. The average molecular weight is 266 g/mol. The third kappa shape index (κ3) is 5.45. The smallest absolute Gasteiger partial charge is 0.254 e. The molecule has 0 aliphatic carbocycles. The molecule has 1 aromatic heterocycles. The van der Waals surface area contributed by atoms with Crippen molar-refractivity contribution < 1.29 is 4.74 Å². The molecule has 1 atom stereocenters. The maximum absolute atomic E-state index is 11.5. The maximum Gasteiger partial charge on any atom is 0.254 e. The van der Waals surface area contributed by atoms with Crippen LogP contribution in [0, 0.1) is 5.92 Å². The third-order valence-corrected chi connectivity index (χ3v) is 3.29. The first kappa shape index (κ1) is 15.7. The standard InChI is InChI=1S/C15H26N2O2/c1-5-7-8-12(6-2)10-19-14-9-13(18)16-15(17-14)11(3)4/h9,11-12H,5-8,10H2,1-4H3,(H,16,17,18). The number of aromatic amines is 1. The highest BCUT2D eigenvalue weighted by molar-refractivity contribution is 5.10. The lowest BCUT2D eigenvalue weighted by atomic mass is 10.0. The molecule has 1 unspecified atom stereocenters. The highest BCUT2D eigenvalue weighted by atomic mass is 16.5. The van der Waals surface area contributed by atoms with Gasteiger partial charge in [-0.05, 0) is 12.3 Å². The minimum atomic E-state index is -0.143. The number of unbranched alkanes of at least 4 members (excludes halogenated alkanes) is 1. The van der Waals surface area contributed by atoms with E-state index in [0.717, 1.165) is 6.42 Å². The van der Waals surface area contributed by atoms with E-state index >= 15 is 0 Å². The Morgan fingerprint density at radius 2 is 2.11 bits per heavy atom. The number of rotatable bonds is 8. The summed E-state index contributed by atoms with van der Waals surface area (Å²) in [6.45, 7) is 9.01. The van der Waals surface area contributed by atoms with Crippen LogP contribution in [-0.2, 0) is 0 Å². The Morgan fingerprint density at radius 1 is 1.37 bits per heavy atom. The molecule has 0 saturated heterocycles. The molecule has 0 bridgehead atoms. The molecule has 108 valence electrons. The van der Waals surface area contributed by atoms with Crippen LogP contribution in [0.4, 0.5) is 0 Å². The summed E-state index contributed by atoms with van der Waals surface area (Å²) in [6, 6.07) is 1.43. The lowest BCUT2D eigenvalue weighted by Crippen LogP contribution is -2.16. The number of hydrogen-bond donors (Lipinski definition) is 1. The topological polar surface area (TPSA) is 55.0 Å². The summed E-state index contributed by atoms with van der Waals surface area (Å²) in [4.78, 5) is 18.6. The van der Waals surface area contributed by atoms with E-state index in [4.69, 9.17) is 4.74 Å². The van der Waals surface area contributed by atoms with Gasteiger partial charge in [0.1, 0.15) is 5.82 Å². The van der Waals surface area contributed by atoms with Crippen molar-refractivity contribution >= 4 is 0 Å². The summed E-state index contributed by atoms with van der Waals surface area (Å²) in [7, 11) is 0. The molecular weight excluding hydrogens is 240 g/mol. The number of ether oxygens (including phenoxy) is 1. The van der Waals surface area contributed by atoms with E-state index in [0.29, 0.717) is 24.2 Å². The van der Waals surface area contributed by atoms with E-state index in [9.17, 15) is 4.79 Å². The van der Waals surface area contributed by atoms with Gasteiger partial charge in [-0.3, -0.25) is 4.79 Å². The Bertz CT molecular complexity index is 426. The largest absolute Gasteiger partial charge is 0.477 e. The molecule has 1 heterocycles. The molecule has 1 aromatic rings. The Morgan fingerprint density at radius 3 is 2.68 bits per heavy atom. The fraction of sp³-hybridized carbons (Fsp3) is 0.733. The second kappa shape index (κ2) is 7.97. The Balaban J connectivity index is 2.63. The fourth-order valence-electron chi connectivity index (χ4n) is 1.90. The van der Waals surface area contributed by atoms with Gasteiger partial charge in [-0.15, -0.1) is 0 Å². The fourth-order valence-corrected chi connectivity index (χ4v) is 1.90. The van der Waals surface area contributed by atoms with E-state index in [1.54, 1.807) is 0 Å². The maximum atomic E-state index is 11.5. The molecule has 0 saturated carbocycles. The molecular formula is C15H26N2O2. The second-order valence-corrected chi connectivity index (χ2v) is 5.35. The van der Waals surface area contributed by atoms with Crippen molar-refractivity contribution in [3.63, 3.8) is 0 Å². The number of nitrogens with zero attached hydrogens (tertiary/aromatic N) is 1. The van der Waals surface area contributed by atoms with Gasteiger partial charge in [-0.25, -0.2) is 0 Å². The molecule has 1 rings (SSSR count). The van der Waals surface area contributed by atoms with Crippen molar-refractivity contribution in [2.24, 2.45) is 5.92 Å². The van der Waals surface area contributed by atoms with Crippen LogP contribution in [0.25, 0.3) is 0 Å². The van der Waals surface area contributed by atoms with Crippen molar-refractivity contribution in [3.8, 4) is 5.88 Å². The zero-order valence-electron chi connectivity index (χ0n) is 12.5. The van der Waals surface area contributed by atoms with Crippen molar-refractivity contribution in [2.45, 2.75) is 59.3 Å². The molecule has 0 radical (unpaired) electrons. The summed E-state index contributed by atoms with van der Waals surface area (Å²) in [6.07, 6.45) is 4.70. The minimum Gasteiger partial charge on any atom is -0.477 e. The van der Waals surface area contributed by atoms with Gasteiger partial charge in [0.05, 0.1) is 12.7 Å². The Kier molecular flexibility index (Phi) is 6.60. The summed E-state index contributed by atoms with van der Waals surface area (Å²) < 4.78 is 5.70. The predicted molar refractivity (Wildman–Crippen MR) is 77.7 cm³/mol. The first-order valence-corrected chi connectivity index (χ1v) is 7.30. The zero-order chi connectivity index (χ0) is 14.3. The molecule has 1 N–H and O–H groups in total. The highest BCUT2D eigenvalue weighted by Gasteiger charge is 2.10. The van der Waals surface area contributed by atoms with Crippen molar-refractivity contribution in [3.05, 3.63) is 22.2 Å². The average Bonchev–Trinajstić information content (AvgIpc) is 2.38. The quantitative estimate of drug-likeness (QED) is 0.783. The van der Waals surface area contributed by atoms with Crippen LogP contribution < -0.4 is 10.3 Å². The summed E-state index contributed by atoms with van der Waals surface area (Å²) in [5.74, 6) is 1.87. The zero-order valence-corrected chi connectivity index (χ0v) is 12.5. The summed E-state index contributed by atoms with van der Waals surface area (Å²) in [5.41, 5.74) is -0.143. The first-order chi connectivity index (χ1) is 9.06. The van der Waals surface area contributed by atoms with Gasteiger partial charge >= 0.3 is 0 Å². The molecule has 0 aliphatic heterocycles. The van der Waals surface area contributed by atoms with Gasteiger partial charge in [0.15, 0.2) is 0 Å². The molecule has 0 amide bonds. The predicted octanol–water partition coefficient (Wildman–Crippen LogP) is 3.49. The van der Waals surface area contributed by atoms with Crippen LogP contribution in [0.15, 0.2) is 10.9 Å². The van der Waals surface area contributed by atoms with Crippen LogP contribution in [0.2, 0.25) is 0 Å². The van der Waals surface area contributed by atoms with E-state index < -0.39 is 0 Å². The van der Waals surface area contributed by atoms with Crippen LogP contribution in [0.3, 0.4) is 0 Å². The minimum absolute atomic E-state index is 0.143. The monoisotopic (exact) mass is 266 g/mol. The van der Waals surface area contributed by atoms with Crippen LogP contribution in [-0.4, -0.2) is 16.6 Å². The van der Waals surface area contributed by atoms with Crippen LogP contribution >= 0.6 is 0 Å². The van der Waals surface area contributed by atoms with Crippen molar-refractivity contribution in [1.82, 2.24) is 9.97 Å². The molecule has 0 aliphatic rings. The Hall–Kier alpha value is -1.32. The molecule has 19 heavy (non-hydrogen) atoms. The summed E-state index contributed by atoms with van der Waals surface area (Å²) >= 11 is 0. The molecule has 0 fully saturated rings. The van der Waals surface area contributed by atoms with Crippen molar-refractivity contribution in [1.29, 1.82) is 0 Å². The number of H-pyrrole nitrogens is 1. The van der Waals surface area contributed by atoms with Gasteiger partial charge in [0.25, 0.3) is 5.56 Å². The van der Waals surface area contributed by atoms with Gasteiger partial charge in [-0.1, -0.05) is 47.0 Å². The van der Waals surface area contributed by atoms with E-state index in [1.807, 2.05) is 13.8 Å². The second-order valence-electron chi connectivity index (χ2n) is 5.35. The first-order valence-electron chi connectivity index (χ1n) is 7.30. The number of nitrogens with one attached hydrogen (secondary N) is 1. The summed E-state index contributed by atoms with van der Waals surface area (Å²) in [5, 5.41) is 0. The molecule has 4 heteroatoms. The third-order valence-electron chi connectivity index (χ3n) is 3.29. The van der Waals surface area contributed by atoms with E-state index in [2.05, 4.69) is 23.8 Å². The van der Waals surface area contributed by atoms with Crippen LogP contribution in [0.1, 0.15) is 65.1 Å². The normalized spacial score (nSPS) is 12.7. The lowest BCUT2D eigenvalue weighted by Gasteiger charge is -2.15. The molecule has 4 nitrogen and oxygen atoms in total. The van der Waals surface area contributed by atoms with Gasteiger partial charge in [-0.2, -0.15) is 4.98 Å². The molecule has 0 spiro atoms. The number of hydrogen-bond acceptors (Lipinski definition) is 3. The van der Waals surface area contributed by atoms with Crippen molar-refractivity contribution in [2.75, 3.05) is 6.61 Å². The van der Waals surface area contributed by atoms with E-state index in [-0.39, 0.29) is 11.5 Å². The highest BCUT2D eigenvalue weighted by Crippen LogP contribution is 2.15. The number of aromatic nitrogens is 2. The van der Waals surface area contributed by atoms with Gasteiger partial charge < -0.3 is 9.72 Å². The van der Waals surface area contributed by atoms with Gasteiger partial charge in [0, 0.05) is 5.92 Å². The van der Waals surface area contributed by atoms with Crippen LogP contribution in [0.5, 0.6) is 5.88 Å².